The van der Waals surface area contributed by atoms with E-state index in [9.17, 15) is 9.59 Å². The molecule has 1 atom stereocenters. The molecule has 0 aliphatic carbocycles. The van der Waals surface area contributed by atoms with Crippen LogP contribution in [0.3, 0.4) is 0 Å². The topological polar surface area (TPSA) is 83.6 Å². The Labute approximate surface area is 127 Å². The zero-order valence-electron chi connectivity index (χ0n) is 12.2. The highest BCUT2D eigenvalue weighted by Gasteiger charge is 2.18. The van der Waals surface area contributed by atoms with Crippen molar-refractivity contribution in [1.82, 2.24) is 15.8 Å². The fourth-order valence-electron chi connectivity index (χ4n) is 1.76. The van der Waals surface area contributed by atoms with Crippen molar-refractivity contribution in [3.63, 3.8) is 0 Å². The minimum absolute atomic E-state index is 0.135. The molecule has 116 valence electrons. The van der Waals surface area contributed by atoms with Gasteiger partial charge in [0.15, 0.2) is 5.13 Å². The van der Waals surface area contributed by atoms with Gasteiger partial charge >= 0.3 is 0 Å². The molecule has 2 N–H and O–H groups in total. The molecule has 8 heteroatoms. The van der Waals surface area contributed by atoms with Gasteiger partial charge in [0.1, 0.15) is 5.69 Å². The van der Waals surface area contributed by atoms with Crippen LogP contribution in [0.1, 0.15) is 30.8 Å². The van der Waals surface area contributed by atoms with Gasteiger partial charge in [-0.3, -0.25) is 20.4 Å². The number of hydrogen-bond acceptors (Lipinski definition) is 6. The van der Waals surface area contributed by atoms with Gasteiger partial charge in [-0.2, -0.15) is 0 Å². The number of hydrogen-bond donors (Lipinski definition) is 2. The molecule has 1 aliphatic rings. The molecule has 0 radical (unpaired) electrons. The van der Waals surface area contributed by atoms with Crippen molar-refractivity contribution in [1.29, 1.82) is 0 Å². The number of nitrogens with zero attached hydrogens (tertiary/aromatic N) is 2. The first kappa shape index (κ1) is 15.7. The maximum atomic E-state index is 11.9. The minimum Gasteiger partial charge on any atom is -0.378 e. The number of amides is 2. The predicted octanol–water partition coefficient (Wildman–Crippen LogP) is 0.787. The average molecular weight is 312 g/mol. The summed E-state index contributed by atoms with van der Waals surface area (Å²) in [5.74, 6) is -0.735. The Kier molecular flexibility index (Phi) is 5.51. The van der Waals surface area contributed by atoms with Gasteiger partial charge in [-0.25, -0.2) is 4.98 Å². The summed E-state index contributed by atoms with van der Waals surface area (Å²) >= 11 is 1.42. The zero-order chi connectivity index (χ0) is 15.2. The highest BCUT2D eigenvalue weighted by atomic mass is 32.1. The molecule has 1 aromatic heterocycles. The molecule has 0 aromatic carbocycles. The third-order valence-corrected chi connectivity index (χ3v) is 4.27. The maximum Gasteiger partial charge on any atom is 0.289 e. The van der Waals surface area contributed by atoms with Crippen LogP contribution in [0, 0.1) is 5.92 Å². The van der Waals surface area contributed by atoms with Gasteiger partial charge in [0, 0.05) is 24.4 Å². The Morgan fingerprint density at radius 1 is 1.43 bits per heavy atom. The number of aromatic nitrogens is 1. The zero-order valence-corrected chi connectivity index (χ0v) is 13.0. The van der Waals surface area contributed by atoms with E-state index >= 15 is 0 Å². The lowest BCUT2D eigenvalue weighted by atomic mass is 10.1. The lowest BCUT2D eigenvalue weighted by Gasteiger charge is -2.25. The van der Waals surface area contributed by atoms with Crippen LogP contribution >= 0.6 is 11.3 Å². The normalized spacial score (nSPS) is 16.4. The molecule has 0 saturated carbocycles. The number of carbonyl (C=O) groups is 2. The number of ether oxygens (including phenoxy) is 1. The highest BCUT2D eigenvalue weighted by molar-refractivity contribution is 7.13. The molecule has 21 heavy (non-hydrogen) atoms. The molecule has 7 nitrogen and oxygen atoms in total. The van der Waals surface area contributed by atoms with Crippen LogP contribution in [0.5, 0.6) is 0 Å². The van der Waals surface area contributed by atoms with Crippen molar-refractivity contribution in [3.05, 3.63) is 11.1 Å². The largest absolute Gasteiger partial charge is 0.378 e. The van der Waals surface area contributed by atoms with Gasteiger partial charge in [0.25, 0.3) is 5.91 Å². The van der Waals surface area contributed by atoms with Crippen LogP contribution in [0.15, 0.2) is 5.38 Å². The lowest BCUT2D eigenvalue weighted by Crippen LogP contribution is -2.44. The number of hydrazine groups is 1. The van der Waals surface area contributed by atoms with Crippen molar-refractivity contribution in [2.24, 2.45) is 5.92 Å². The summed E-state index contributed by atoms with van der Waals surface area (Å²) in [7, 11) is 0. The summed E-state index contributed by atoms with van der Waals surface area (Å²) in [6, 6.07) is 0. The van der Waals surface area contributed by atoms with Crippen LogP contribution in [0.2, 0.25) is 0 Å². The van der Waals surface area contributed by atoms with E-state index < -0.39 is 5.91 Å². The van der Waals surface area contributed by atoms with Crippen LogP contribution in [-0.2, 0) is 9.53 Å². The molecular formula is C13H20N4O3S. The van der Waals surface area contributed by atoms with Gasteiger partial charge in [0.05, 0.1) is 13.2 Å². The number of nitrogens with one attached hydrogen (secondary N) is 2. The average Bonchev–Trinajstić information content (AvgIpc) is 3.02. The molecular weight excluding hydrogens is 292 g/mol. The molecule has 1 unspecified atom stereocenters. The van der Waals surface area contributed by atoms with Crippen molar-refractivity contribution < 1.29 is 14.3 Å². The van der Waals surface area contributed by atoms with E-state index in [2.05, 4.69) is 20.7 Å². The quantitative estimate of drug-likeness (QED) is 0.803. The number of carbonyl (C=O) groups excluding carboxylic acids is 2. The van der Waals surface area contributed by atoms with Crippen molar-refractivity contribution in [2.45, 2.75) is 20.3 Å². The maximum absolute atomic E-state index is 11.9. The molecule has 0 bridgehead atoms. The van der Waals surface area contributed by atoms with Gasteiger partial charge in [0.2, 0.25) is 5.91 Å². The van der Waals surface area contributed by atoms with Gasteiger partial charge < -0.3 is 9.64 Å². The summed E-state index contributed by atoms with van der Waals surface area (Å²) in [6.45, 7) is 6.62. The fourth-order valence-corrected chi connectivity index (χ4v) is 2.62. The van der Waals surface area contributed by atoms with Crippen LogP contribution in [0.25, 0.3) is 0 Å². The predicted molar refractivity (Wildman–Crippen MR) is 80.2 cm³/mol. The first-order chi connectivity index (χ1) is 10.1. The van der Waals surface area contributed by atoms with Gasteiger partial charge in [-0.15, -0.1) is 11.3 Å². The first-order valence-corrected chi connectivity index (χ1v) is 7.88. The van der Waals surface area contributed by atoms with Crippen LogP contribution in [0.4, 0.5) is 5.13 Å². The molecule has 1 saturated heterocycles. The van der Waals surface area contributed by atoms with E-state index in [0.717, 1.165) is 24.6 Å². The highest BCUT2D eigenvalue weighted by Crippen LogP contribution is 2.21. The summed E-state index contributed by atoms with van der Waals surface area (Å²) < 4.78 is 5.28. The Hall–Kier alpha value is -1.67. The summed E-state index contributed by atoms with van der Waals surface area (Å²) in [4.78, 5) is 29.9. The third-order valence-electron chi connectivity index (χ3n) is 3.37. The number of morpholine rings is 1. The van der Waals surface area contributed by atoms with E-state index in [1.807, 2.05) is 6.92 Å². The molecule has 0 spiro atoms. The van der Waals surface area contributed by atoms with Gasteiger partial charge in [-0.1, -0.05) is 13.8 Å². The Balaban J connectivity index is 1.88. The van der Waals surface area contributed by atoms with E-state index in [1.165, 1.54) is 11.3 Å². The Bertz CT molecular complexity index is 499. The smallest absolute Gasteiger partial charge is 0.289 e. The second-order valence-corrected chi connectivity index (χ2v) is 5.70. The van der Waals surface area contributed by atoms with Crippen LogP contribution in [-0.4, -0.2) is 43.1 Å². The first-order valence-electron chi connectivity index (χ1n) is 7.00. The van der Waals surface area contributed by atoms with E-state index in [-0.39, 0.29) is 11.8 Å². The molecule has 1 fully saturated rings. The summed E-state index contributed by atoms with van der Waals surface area (Å²) in [6.07, 6.45) is 0.722. The summed E-state index contributed by atoms with van der Waals surface area (Å²) in [5, 5.41) is 2.49. The van der Waals surface area contributed by atoms with Crippen molar-refractivity contribution in [2.75, 3.05) is 31.2 Å². The molecule has 1 aromatic rings. The van der Waals surface area contributed by atoms with Gasteiger partial charge in [-0.05, 0) is 6.42 Å². The Morgan fingerprint density at radius 3 is 2.81 bits per heavy atom. The SMILES string of the molecule is CCC(C)C(=O)NNC(=O)c1csc(N2CCOCC2)n1. The Morgan fingerprint density at radius 2 is 2.14 bits per heavy atom. The van der Waals surface area contributed by atoms with Crippen molar-refractivity contribution in [3.8, 4) is 0 Å². The lowest BCUT2D eigenvalue weighted by molar-refractivity contribution is -0.125. The second-order valence-electron chi connectivity index (χ2n) is 4.87. The summed E-state index contributed by atoms with van der Waals surface area (Å²) in [5.41, 5.74) is 5.12. The number of thiazole rings is 1. The van der Waals surface area contributed by atoms with Crippen molar-refractivity contribution >= 4 is 28.3 Å². The monoisotopic (exact) mass is 312 g/mol. The molecule has 2 rings (SSSR count). The standard InChI is InChI=1S/C13H20N4O3S/c1-3-9(2)11(18)15-16-12(19)10-8-21-13(14-10)17-4-6-20-7-5-17/h8-9H,3-7H2,1-2H3,(H,15,18)(H,16,19). The molecule has 2 amide bonds. The second kappa shape index (κ2) is 7.37. The van der Waals surface area contributed by atoms with E-state index in [1.54, 1.807) is 12.3 Å². The number of anilines is 1. The molecule has 1 aliphatic heterocycles. The van der Waals surface area contributed by atoms with Crippen LogP contribution < -0.4 is 15.8 Å². The third kappa shape index (κ3) is 4.15. The fraction of sp³-hybridized carbons (Fsp3) is 0.615. The molecule has 2 heterocycles. The van der Waals surface area contributed by atoms with E-state index in [0.29, 0.717) is 18.9 Å². The number of rotatable bonds is 4. The van der Waals surface area contributed by atoms with E-state index in [4.69, 9.17) is 4.74 Å². The minimum atomic E-state index is -0.401.